The Kier molecular flexibility index (Phi) is 3.63. The van der Waals surface area contributed by atoms with Crippen molar-refractivity contribution in [3.8, 4) is 5.75 Å². The molecule has 0 spiro atoms. The maximum atomic E-state index is 11.6. The molecule has 1 saturated heterocycles. The van der Waals surface area contributed by atoms with Crippen molar-refractivity contribution in [3.63, 3.8) is 0 Å². The van der Waals surface area contributed by atoms with Crippen LogP contribution in [-0.2, 0) is 9.84 Å². The molecule has 21 heavy (non-hydrogen) atoms. The molecule has 5 heteroatoms. The Morgan fingerprint density at radius 3 is 2.52 bits per heavy atom. The molecule has 0 aromatic heterocycles. The summed E-state index contributed by atoms with van der Waals surface area (Å²) >= 11 is 0. The summed E-state index contributed by atoms with van der Waals surface area (Å²) in [5, 5.41) is 12.4. The Balaban J connectivity index is 2.05. The van der Waals surface area contributed by atoms with Crippen molar-refractivity contribution in [2.24, 2.45) is 5.92 Å². The van der Waals surface area contributed by atoms with E-state index in [0.717, 1.165) is 22.1 Å². The minimum atomic E-state index is -3.00. The van der Waals surface area contributed by atoms with Gasteiger partial charge < -0.3 is 9.84 Å². The summed E-state index contributed by atoms with van der Waals surface area (Å²) in [5.74, 6) is 0.754. The van der Waals surface area contributed by atoms with Gasteiger partial charge in [0, 0.05) is 11.3 Å². The highest BCUT2D eigenvalue weighted by Crippen LogP contribution is 2.37. The van der Waals surface area contributed by atoms with Gasteiger partial charge in [-0.2, -0.15) is 0 Å². The fraction of sp³-hybridized carbons (Fsp3) is 0.375. The number of rotatable bonds is 3. The fourth-order valence-corrected chi connectivity index (χ4v) is 4.89. The highest BCUT2D eigenvalue weighted by Gasteiger charge is 2.34. The Labute approximate surface area is 124 Å². The van der Waals surface area contributed by atoms with Gasteiger partial charge in [0.1, 0.15) is 5.75 Å². The molecule has 2 unspecified atom stereocenters. The number of hydrogen-bond acceptors (Lipinski definition) is 4. The largest absolute Gasteiger partial charge is 0.496 e. The Bertz CT molecular complexity index is 767. The second-order valence-corrected chi connectivity index (χ2v) is 7.74. The molecule has 0 saturated carbocycles. The standard InChI is InChI=1S/C16H18O4S/c1-20-15-7-6-14(12-4-2-3-5-13(12)15)16(17)11-8-9-21(18,19)10-11/h2-7,11,16-17H,8-10H2,1H3. The fourth-order valence-electron chi connectivity index (χ4n) is 3.06. The summed E-state index contributed by atoms with van der Waals surface area (Å²) in [6.07, 6.45) is -0.248. The third kappa shape index (κ3) is 2.63. The first-order valence-electron chi connectivity index (χ1n) is 6.96. The normalized spacial score (nSPS) is 22.3. The molecule has 0 radical (unpaired) electrons. The zero-order chi connectivity index (χ0) is 15.0. The summed E-state index contributed by atoms with van der Waals surface area (Å²) in [5.41, 5.74) is 0.772. The zero-order valence-corrected chi connectivity index (χ0v) is 12.6. The number of sulfone groups is 1. The van der Waals surface area contributed by atoms with Crippen LogP contribution in [0.2, 0.25) is 0 Å². The smallest absolute Gasteiger partial charge is 0.150 e. The molecule has 0 bridgehead atoms. The van der Waals surface area contributed by atoms with Crippen LogP contribution >= 0.6 is 0 Å². The molecule has 0 amide bonds. The molecular formula is C16H18O4S. The summed E-state index contributed by atoms with van der Waals surface area (Å²) in [6.45, 7) is 0. The molecule has 3 rings (SSSR count). The van der Waals surface area contributed by atoms with Gasteiger partial charge >= 0.3 is 0 Å². The molecule has 1 N–H and O–H groups in total. The van der Waals surface area contributed by atoms with Crippen LogP contribution in [0.15, 0.2) is 36.4 Å². The minimum Gasteiger partial charge on any atom is -0.496 e. The molecule has 2 aromatic carbocycles. The van der Waals surface area contributed by atoms with Gasteiger partial charge in [0.05, 0.1) is 24.7 Å². The van der Waals surface area contributed by atoms with Crippen LogP contribution in [0.1, 0.15) is 18.1 Å². The number of benzene rings is 2. The predicted molar refractivity (Wildman–Crippen MR) is 82.2 cm³/mol. The third-order valence-electron chi connectivity index (χ3n) is 4.17. The van der Waals surface area contributed by atoms with Crippen molar-refractivity contribution in [2.45, 2.75) is 12.5 Å². The number of hydrogen-bond donors (Lipinski definition) is 1. The van der Waals surface area contributed by atoms with Crippen molar-refractivity contribution in [3.05, 3.63) is 42.0 Å². The minimum absolute atomic E-state index is 0.0640. The van der Waals surface area contributed by atoms with Gasteiger partial charge in [0.15, 0.2) is 9.84 Å². The Hall–Kier alpha value is -1.59. The molecule has 1 heterocycles. The number of fused-ring (bicyclic) bond motifs is 1. The molecule has 0 aliphatic carbocycles. The summed E-state index contributed by atoms with van der Waals surface area (Å²) in [6, 6.07) is 11.3. The first kappa shape index (κ1) is 14.4. The second-order valence-electron chi connectivity index (χ2n) is 5.51. The van der Waals surface area contributed by atoms with Crippen LogP contribution in [0.3, 0.4) is 0 Å². The monoisotopic (exact) mass is 306 g/mol. The lowest BCUT2D eigenvalue weighted by atomic mass is 9.91. The van der Waals surface area contributed by atoms with E-state index >= 15 is 0 Å². The van der Waals surface area contributed by atoms with Gasteiger partial charge in [0.2, 0.25) is 0 Å². The van der Waals surface area contributed by atoms with Crippen molar-refractivity contribution in [1.29, 1.82) is 0 Å². The molecule has 1 aliphatic rings. The topological polar surface area (TPSA) is 63.6 Å². The maximum absolute atomic E-state index is 11.6. The average Bonchev–Trinajstić information content (AvgIpc) is 2.85. The summed E-state index contributed by atoms with van der Waals surface area (Å²) in [7, 11) is -1.39. The van der Waals surface area contributed by atoms with Gasteiger partial charge in [0.25, 0.3) is 0 Å². The molecule has 112 valence electrons. The van der Waals surface area contributed by atoms with Gasteiger partial charge in [-0.15, -0.1) is 0 Å². The molecule has 1 aliphatic heterocycles. The molecule has 1 fully saturated rings. The maximum Gasteiger partial charge on any atom is 0.150 e. The lowest BCUT2D eigenvalue weighted by molar-refractivity contribution is 0.122. The van der Waals surface area contributed by atoms with E-state index in [9.17, 15) is 13.5 Å². The molecule has 2 atom stereocenters. The third-order valence-corrected chi connectivity index (χ3v) is 5.96. The summed E-state index contributed by atoms with van der Waals surface area (Å²) in [4.78, 5) is 0. The van der Waals surface area contributed by atoms with E-state index in [1.165, 1.54) is 0 Å². The van der Waals surface area contributed by atoms with Gasteiger partial charge in [-0.1, -0.05) is 30.3 Å². The van der Waals surface area contributed by atoms with E-state index in [1.54, 1.807) is 7.11 Å². The van der Waals surface area contributed by atoms with Crippen molar-refractivity contribution in [1.82, 2.24) is 0 Å². The SMILES string of the molecule is COc1ccc(C(O)C2CCS(=O)(=O)C2)c2ccccc12. The highest BCUT2D eigenvalue weighted by molar-refractivity contribution is 7.91. The van der Waals surface area contributed by atoms with Crippen LogP contribution in [0.4, 0.5) is 0 Å². The van der Waals surface area contributed by atoms with Crippen molar-refractivity contribution >= 4 is 20.6 Å². The van der Waals surface area contributed by atoms with Crippen molar-refractivity contribution in [2.75, 3.05) is 18.6 Å². The number of aliphatic hydroxyl groups excluding tert-OH is 1. The predicted octanol–water partition coefficient (Wildman–Crippen LogP) is 2.32. The van der Waals surface area contributed by atoms with E-state index in [4.69, 9.17) is 4.74 Å². The van der Waals surface area contributed by atoms with Crippen LogP contribution in [0.25, 0.3) is 10.8 Å². The van der Waals surface area contributed by atoms with Crippen LogP contribution in [-0.4, -0.2) is 32.1 Å². The van der Waals surface area contributed by atoms with E-state index in [1.807, 2.05) is 36.4 Å². The lowest BCUT2D eigenvalue weighted by Crippen LogP contribution is -2.14. The first-order valence-corrected chi connectivity index (χ1v) is 8.78. The number of aliphatic hydroxyl groups is 1. The second kappa shape index (κ2) is 5.31. The van der Waals surface area contributed by atoms with E-state index in [-0.39, 0.29) is 17.4 Å². The van der Waals surface area contributed by atoms with Crippen LogP contribution in [0.5, 0.6) is 5.75 Å². The van der Waals surface area contributed by atoms with Crippen LogP contribution < -0.4 is 4.74 Å². The number of ether oxygens (including phenoxy) is 1. The van der Waals surface area contributed by atoms with E-state index < -0.39 is 15.9 Å². The number of methoxy groups -OCH3 is 1. The highest BCUT2D eigenvalue weighted by atomic mass is 32.2. The van der Waals surface area contributed by atoms with E-state index in [2.05, 4.69) is 0 Å². The summed E-state index contributed by atoms with van der Waals surface area (Å²) < 4.78 is 28.6. The molecule has 2 aromatic rings. The first-order chi connectivity index (χ1) is 10.0. The van der Waals surface area contributed by atoms with Crippen LogP contribution in [0, 0.1) is 5.92 Å². The molecular weight excluding hydrogens is 288 g/mol. The van der Waals surface area contributed by atoms with Gasteiger partial charge in [-0.25, -0.2) is 8.42 Å². The average molecular weight is 306 g/mol. The van der Waals surface area contributed by atoms with Gasteiger partial charge in [-0.05, 0) is 23.4 Å². The lowest BCUT2D eigenvalue weighted by Gasteiger charge is -2.20. The van der Waals surface area contributed by atoms with Gasteiger partial charge in [-0.3, -0.25) is 0 Å². The zero-order valence-electron chi connectivity index (χ0n) is 11.8. The van der Waals surface area contributed by atoms with E-state index in [0.29, 0.717) is 6.42 Å². The quantitative estimate of drug-likeness (QED) is 0.945. The Morgan fingerprint density at radius 1 is 1.19 bits per heavy atom. The van der Waals surface area contributed by atoms with Crippen molar-refractivity contribution < 1.29 is 18.3 Å². The Morgan fingerprint density at radius 2 is 1.90 bits per heavy atom. The molecule has 4 nitrogen and oxygen atoms in total.